The van der Waals surface area contributed by atoms with Crippen molar-refractivity contribution in [2.24, 2.45) is 0 Å². The Balaban J connectivity index is 1.54. The molecule has 0 spiro atoms. The number of methoxy groups -OCH3 is 1. The van der Waals surface area contributed by atoms with Crippen molar-refractivity contribution >= 4 is 5.91 Å². The summed E-state index contributed by atoms with van der Waals surface area (Å²) in [5.41, 5.74) is 1.15. The maximum absolute atomic E-state index is 12.6. The number of carbonyl (C=O) groups is 1. The van der Waals surface area contributed by atoms with Crippen LogP contribution >= 0.6 is 0 Å². The quantitative estimate of drug-likeness (QED) is 0.606. The molecule has 0 radical (unpaired) electrons. The van der Waals surface area contributed by atoms with Crippen LogP contribution in [0.15, 0.2) is 53.1 Å². The molecule has 4 rings (SSSR count). The van der Waals surface area contributed by atoms with Gasteiger partial charge in [-0.05, 0) is 22.6 Å². The van der Waals surface area contributed by atoms with Crippen LogP contribution in [0, 0.1) is 0 Å². The van der Waals surface area contributed by atoms with Gasteiger partial charge in [0.1, 0.15) is 0 Å². The summed E-state index contributed by atoms with van der Waals surface area (Å²) in [6, 6.07) is 13.7. The van der Waals surface area contributed by atoms with E-state index in [4.69, 9.17) is 9.15 Å². The number of aromatic nitrogens is 4. The van der Waals surface area contributed by atoms with E-state index in [0.29, 0.717) is 32.0 Å². The van der Waals surface area contributed by atoms with Crippen molar-refractivity contribution in [2.45, 2.75) is 12.6 Å². The maximum atomic E-state index is 12.6. The Morgan fingerprint density at radius 3 is 2.69 bits per heavy atom. The molecule has 1 aromatic carbocycles. The van der Waals surface area contributed by atoms with Gasteiger partial charge < -0.3 is 19.0 Å². The Morgan fingerprint density at radius 2 is 2.00 bits per heavy atom. The molecule has 3 heterocycles. The number of carbonyl (C=O) groups excluding carboxylic acids is 1. The molecule has 2 aromatic heterocycles. The van der Waals surface area contributed by atoms with Gasteiger partial charge in [-0.2, -0.15) is 0 Å². The van der Waals surface area contributed by atoms with E-state index in [1.807, 2.05) is 27.8 Å². The maximum Gasteiger partial charge on any atom is 0.289 e. The minimum Gasteiger partial charge on any atom is -0.459 e. The van der Waals surface area contributed by atoms with Crippen LogP contribution in [0.5, 0.6) is 0 Å². The fourth-order valence-electron chi connectivity index (χ4n) is 3.81. The summed E-state index contributed by atoms with van der Waals surface area (Å²) >= 11 is 0. The van der Waals surface area contributed by atoms with Crippen molar-refractivity contribution < 1.29 is 18.8 Å². The number of hydrogen-bond donors (Lipinski definition) is 1. The molecule has 0 saturated carbocycles. The van der Waals surface area contributed by atoms with Crippen LogP contribution in [0.1, 0.15) is 28.0 Å². The van der Waals surface area contributed by atoms with Gasteiger partial charge >= 0.3 is 0 Å². The zero-order chi connectivity index (χ0) is 20.1. The highest BCUT2D eigenvalue weighted by Crippen LogP contribution is 2.17. The monoisotopic (exact) mass is 397 g/mol. The van der Waals surface area contributed by atoms with E-state index in [2.05, 4.69) is 27.7 Å². The predicted molar refractivity (Wildman–Crippen MR) is 103 cm³/mol. The van der Waals surface area contributed by atoms with Crippen molar-refractivity contribution in [1.29, 1.82) is 0 Å². The van der Waals surface area contributed by atoms with Crippen molar-refractivity contribution in [3.8, 4) is 0 Å². The molecule has 9 heteroatoms. The van der Waals surface area contributed by atoms with Gasteiger partial charge in [-0.25, -0.2) is 4.68 Å². The molecule has 1 atom stereocenters. The summed E-state index contributed by atoms with van der Waals surface area (Å²) in [5, 5.41) is 12.4. The average Bonchev–Trinajstić information content (AvgIpc) is 3.46. The summed E-state index contributed by atoms with van der Waals surface area (Å²) in [6.07, 6.45) is 1.53. The van der Waals surface area contributed by atoms with Crippen LogP contribution in [0.2, 0.25) is 0 Å². The second kappa shape index (κ2) is 8.97. The van der Waals surface area contributed by atoms with Crippen LogP contribution < -0.4 is 4.90 Å². The number of nitrogens with zero attached hydrogens (tertiary/aromatic N) is 5. The Hall–Kier alpha value is -3.04. The second-order valence-electron chi connectivity index (χ2n) is 7.02. The summed E-state index contributed by atoms with van der Waals surface area (Å²) in [4.78, 5) is 15.8. The van der Waals surface area contributed by atoms with E-state index < -0.39 is 0 Å². The molecule has 1 aliphatic rings. The van der Waals surface area contributed by atoms with Gasteiger partial charge in [-0.3, -0.25) is 4.79 Å². The third-order valence-corrected chi connectivity index (χ3v) is 5.29. The largest absolute Gasteiger partial charge is 0.459 e. The number of piperazine rings is 1. The lowest BCUT2D eigenvalue weighted by Gasteiger charge is -2.35. The first kappa shape index (κ1) is 19.3. The van der Waals surface area contributed by atoms with E-state index in [9.17, 15) is 4.79 Å². The molecule has 0 bridgehead atoms. The second-order valence-corrected chi connectivity index (χ2v) is 7.02. The molecule has 3 aromatic rings. The van der Waals surface area contributed by atoms with Gasteiger partial charge in [0.25, 0.3) is 5.91 Å². The lowest BCUT2D eigenvalue weighted by Crippen LogP contribution is -3.15. The lowest BCUT2D eigenvalue weighted by molar-refractivity contribution is -0.930. The van der Waals surface area contributed by atoms with E-state index in [1.165, 1.54) is 11.2 Å². The Labute approximate surface area is 168 Å². The molecular formula is C20H25N6O3+. The first-order valence-electron chi connectivity index (χ1n) is 9.75. The van der Waals surface area contributed by atoms with E-state index >= 15 is 0 Å². The van der Waals surface area contributed by atoms with Gasteiger partial charge in [-0.1, -0.05) is 30.3 Å². The molecule has 1 N–H and O–H groups in total. The van der Waals surface area contributed by atoms with Crippen molar-refractivity contribution in [3.05, 3.63) is 65.9 Å². The van der Waals surface area contributed by atoms with Crippen LogP contribution in [0.3, 0.4) is 0 Å². The summed E-state index contributed by atoms with van der Waals surface area (Å²) < 4.78 is 12.3. The number of rotatable bonds is 7. The van der Waals surface area contributed by atoms with Gasteiger partial charge in [0.05, 0.1) is 45.6 Å². The summed E-state index contributed by atoms with van der Waals surface area (Å²) in [5.74, 6) is 1.14. The molecule has 29 heavy (non-hydrogen) atoms. The molecule has 1 saturated heterocycles. The fourth-order valence-corrected chi connectivity index (χ4v) is 3.81. The van der Waals surface area contributed by atoms with Crippen molar-refractivity contribution in [1.82, 2.24) is 25.1 Å². The Kier molecular flexibility index (Phi) is 5.97. The minimum atomic E-state index is -0.0600. The highest BCUT2D eigenvalue weighted by Gasteiger charge is 2.35. The number of furan rings is 1. The first-order chi connectivity index (χ1) is 14.3. The van der Waals surface area contributed by atoms with E-state index in [-0.39, 0.29) is 11.9 Å². The molecule has 1 fully saturated rings. The molecule has 9 nitrogen and oxygen atoms in total. The predicted octanol–water partition coefficient (Wildman–Crippen LogP) is 0.0428. The third-order valence-electron chi connectivity index (χ3n) is 5.29. The molecule has 0 aliphatic carbocycles. The third kappa shape index (κ3) is 4.20. The number of amides is 1. The smallest absolute Gasteiger partial charge is 0.289 e. The molecular weight excluding hydrogens is 372 g/mol. The molecule has 152 valence electrons. The van der Waals surface area contributed by atoms with E-state index in [0.717, 1.165) is 24.5 Å². The fraction of sp³-hybridized carbons (Fsp3) is 0.400. The zero-order valence-corrected chi connectivity index (χ0v) is 16.4. The van der Waals surface area contributed by atoms with Crippen LogP contribution in [0.4, 0.5) is 0 Å². The Bertz CT molecular complexity index is 903. The lowest BCUT2D eigenvalue weighted by atomic mass is 10.0. The first-order valence-corrected chi connectivity index (χ1v) is 9.75. The minimum absolute atomic E-state index is 0.0103. The van der Waals surface area contributed by atoms with Crippen LogP contribution in [-0.2, 0) is 11.3 Å². The topological polar surface area (TPSA) is 90.7 Å². The number of hydrogen-bond acceptors (Lipinski definition) is 6. The number of quaternary nitrogens is 1. The van der Waals surface area contributed by atoms with E-state index in [1.54, 1.807) is 19.2 Å². The van der Waals surface area contributed by atoms with Crippen molar-refractivity contribution in [2.75, 3.05) is 39.9 Å². The zero-order valence-electron chi connectivity index (χ0n) is 16.4. The van der Waals surface area contributed by atoms with Gasteiger partial charge in [0.15, 0.2) is 11.8 Å². The molecule has 0 unspecified atom stereocenters. The summed E-state index contributed by atoms with van der Waals surface area (Å²) in [6.45, 7) is 4.03. The van der Waals surface area contributed by atoms with Gasteiger partial charge in [0.2, 0.25) is 5.82 Å². The standard InChI is InChI=1S/C20H24N6O3/c1-28-15-13-26-19(21-22-23-26)18(16-6-3-2-4-7-16)24-9-11-25(12-10-24)20(27)17-8-5-14-29-17/h2-8,14,18H,9-13,15H2,1H3/p+1/t18-/m0/s1. The number of benzene rings is 1. The van der Waals surface area contributed by atoms with Crippen LogP contribution in [0.25, 0.3) is 0 Å². The highest BCUT2D eigenvalue weighted by atomic mass is 16.5. The normalized spacial score (nSPS) is 16.1. The van der Waals surface area contributed by atoms with Gasteiger partial charge in [-0.15, -0.1) is 5.10 Å². The number of nitrogens with one attached hydrogen (secondary N) is 1. The molecule has 1 aliphatic heterocycles. The number of ether oxygens (including phenoxy) is 1. The highest BCUT2D eigenvalue weighted by molar-refractivity contribution is 5.91. The SMILES string of the molecule is COCCn1nnnc1[C@H](c1ccccc1)[NH+]1CCN(C(=O)c2ccco2)CC1. The molecule has 1 amide bonds. The van der Waals surface area contributed by atoms with Crippen molar-refractivity contribution in [3.63, 3.8) is 0 Å². The van der Waals surface area contributed by atoms with Gasteiger partial charge in [0, 0.05) is 12.7 Å². The average molecular weight is 397 g/mol. The number of tetrazole rings is 1. The summed E-state index contributed by atoms with van der Waals surface area (Å²) in [7, 11) is 1.67. The Morgan fingerprint density at radius 1 is 1.21 bits per heavy atom. The van der Waals surface area contributed by atoms with Crippen LogP contribution in [-0.4, -0.2) is 70.9 Å².